The Morgan fingerprint density at radius 3 is 2.67 bits per heavy atom. The molecule has 6 nitrogen and oxygen atoms in total. The highest BCUT2D eigenvalue weighted by Gasteiger charge is 2.22. The number of nitrogen functional groups attached to an aromatic ring is 1. The fourth-order valence-electron chi connectivity index (χ4n) is 2.47. The molecule has 21 heavy (non-hydrogen) atoms. The number of benzene rings is 1. The Labute approximate surface area is 130 Å². The maximum absolute atomic E-state index is 11.3. The van der Waals surface area contributed by atoms with Gasteiger partial charge in [-0.05, 0) is 36.1 Å². The van der Waals surface area contributed by atoms with Crippen LogP contribution in [0.1, 0.15) is 21.5 Å². The third-order valence-corrected chi connectivity index (χ3v) is 3.97. The first-order valence-corrected chi connectivity index (χ1v) is 7.32. The van der Waals surface area contributed by atoms with Gasteiger partial charge >= 0.3 is 0 Å². The summed E-state index contributed by atoms with van der Waals surface area (Å²) in [6.45, 7) is 0. The van der Waals surface area contributed by atoms with Crippen molar-refractivity contribution in [1.82, 2.24) is 15.4 Å². The van der Waals surface area contributed by atoms with Crippen molar-refractivity contribution in [2.75, 3.05) is 5.32 Å². The van der Waals surface area contributed by atoms with Gasteiger partial charge in [-0.15, -0.1) is 0 Å². The monoisotopic (exact) mass is 347 g/mol. The summed E-state index contributed by atoms with van der Waals surface area (Å²) < 4.78 is 1.09. The smallest absolute Gasteiger partial charge is 0.268 e. The van der Waals surface area contributed by atoms with Crippen LogP contribution in [0.3, 0.4) is 0 Å². The minimum Gasteiger partial charge on any atom is -0.351 e. The van der Waals surface area contributed by atoms with E-state index in [2.05, 4.69) is 49.4 Å². The first-order chi connectivity index (χ1) is 10.2. The molecular formula is C14H14BrN5O. The van der Waals surface area contributed by atoms with Gasteiger partial charge in [0.25, 0.3) is 5.91 Å². The molecule has 3 rings (SSSR count). The van der Waals surface area contributed by atoms with Crippen LogP contribution in [-0.4, -0.2) is 21.9 Å². The molecule has 0 aliphatic heterocycles. The number of nitrogens with zero attached hydrogens (tertiary/aromatic N) is 2. The van der Waals surface area contributed by atoms with Gasteiger partial charge in [0.2, 0.25) is 5.95 Å². The summed E-state index contributed by atoms with van der Waals surface area (Å²) >= 11 is 3.49. The fraction of sp³-hybridized carbons (Fsp3) is 0.214. The Kier molecular flexibility index (Phi) is 3.85. The second-order valence-electron chi connectivity index (χ2n) is 4.93. The number of carbonyl (C=O) groups is 1. The van der Waals surface area contributed by atoms with Gasteiger partial charge in [-0.1, -0.05) is 22.0 Å². The molecule has 7 heteroatoms. The van der Waals surface area contributed by atoms with Crippen molar-refractivity contribution in [3.63, 3.8) is 0 Å². The molecule has 1 aliphatic carbocycles. The summed E-state index contributed by atoms with van der Waals surface area (Å²) in [7, 11) is 0. The molecule has 1 amide bonds. The van der Waals surface area contributed by atoms with Crippen LogP contribution in [0.25, 0.3) is 0 Å². The Bertz CT molecular complexity index is 674. The predicted molar refractivity (Wildman–Crippen MR) is 82.6 cm³/mol. The molecule has 0 saturated carbocycles. The minimum absolute atomic E-state index is 0.267. The normalized spacial score (nSPS) is 16.4. The van der Waals surface area contributed by atoms with Gasteiger partial charge in [0, 0.05) is 22.9 Å². The van der Waals surface area contributed by atoms with Crippen molar-refractivity contribution in [2.45, 2.75) is 18.9 Å². The van der Waals surface area contributed by atoms with E-state index >= 15 is 0 Å². The van der Waals surface area contributed by atoms with Crippen LogP contribution in [0.5, 0.6) is 0 Å². The molecule has 1 atom stereocenters. The number of rotatable bonds is 3. The predicted octanol–water partition coefficient (Wildman–Crippen LogP) is 1.42. The van der Waals surface area contributed by atoms with E-state index in [4.69, 9.17) is 5.84 Å². The Morgan fingerprint density at radius 1 is 1.24 bits per heavy atom. The zero-order chi connectivity index (χ0) is 14.8. The maximum atomic E-state index is 11.3. The number of hydrogen-bond donors (Lipinski definition) is 3. The molecule has 1 heterocycles. The second-order valence-corrected chi connectivity index (χ2v) is 5.85. The molecule has 4 N–H and O–H groups in total. The molecular weight excluding hydrogens is 334 g/mol. The lowest BCUT2D eigenvalue weighted by Gasteiger charge is -2.11. The lowest BCUT2D eigenvalue weighted by atomic mass is 10.1. The van der Waals surface area contributed by atoms with Crippen molar-refractivity contribution in [1.29, 1.82) is 0 Å². The number of nitrogens with one attached hydrogen (secondary N) is 2. The number of halogens is 1. The van der Waals surface area contributed by atoms with E-state index in [1.165, 1.54) is 23.5 Å². The second kappa shape index (κ2) is 5.79. The van der Waals surface area contributed by atoms with E-state index in [1.807, 2.05) is 5.43 Å². The highest BCUT2D eigenvalue weighted by molar-refractivity contribution is 9.10. The van der Waals surface area contributed by atoms with Crippen LogP contribution in [0.4, 0.5) is 5.95 Å². The molecule has 1 aliphatic rings. The lowest BCUT2D eigenvalue weighted by Crippen LogP contribution is -2.30. The zero-order valence-corrected chi connectivity index (χ0v) is 12.7. The molecule has 0 radical (unpaired) electrons. The first kappa shape index (κ1) is 14.0. The molecule has 0 bridgehead atoms. The molecule has 0 saturated heterocycles. The number of amides is 1. The van der Waals surface area contributed by atoms with Crippen molar-refractivity contribution in [3.8, 4) is 0 Å². The van der Waals surface area contributed by atoms with E-state index < -0.39 is 5.91 Å². The molecule has 1 aromatic heterocycles. The number of aromatic nitrogens is 2. The number of fused-ring (bicyclic) bond motifs is 1. The van der Waals surface area contributed by atoms with Crippen LogP contribution in [0.2, 0.25) is 0 Å². The van der Waals surface area contributed by atoms with Crippen LogP contribution >= 0.6 is 15.9 Å². The van der Waals surface area contributed by atoms with Crippen molar-refractivity contribution >= 4 is 27.8 Å². The van der Waals surface area contributed by atoms with Crippen molar-refractivity contribution in [2.24, 2.45) is 5.84 Å². The van der Waals surface area contributed by atoms with Gasteiger partial charge in [0.15, 0.2) is 0 Å². The number of hydrogen-bond acceptors (Lipinski definition) is 5. The zero-order valence-electron chi connectivity index (χ0n) is 11.1. The topological polar surface area (TPSA) is 92.9 Å². The van der Waals surface area contributed by atoms with Crippen LogP contribution in [0, 0.1) is 0 Å². The van der Waals surface area contributed by atoms with Crippen LogP contribution in [0.15, 0.2) is 35.1 Å². The van der Waals surface area contributed by atoms with Gasteiger partial charge in [-0.3, -0.25) is 10.2 Å². The quantitative estimate of drug-likeness (QED) is 0.443. The Balaban J connectivity index is 1.67. The number of nitrogens with two attached hydrogens (primary N) is 1. The average Bonchev–Trinajstić information content (AvgIpc) is 2.88. The third kappa shape index (κ3) is 3.03. The summed E-state index contributed by atoms with van der Waals surface area (Å²) in [5.41, 5.74) is 5.06. The van der Waals surface area contributed by atoms with Gasteiger partial charge in [-0.2, -0.15) is 0 Å². The highest BCUT2D eigenvalue weighted by Crippen LogP contribution is 2.26. The minimum atomic E-state index is -0.403. The van der Waals surface area contributed by atoms with E-state index in [9.17, 15) is 4.79 Å². The average molecular weight is 348 g/mol. The first-order valence-electron chi connectivity index (χ1n) is 6.52. The van der Waals surface area contributed by atoms with E-state index in [1.54, 1.807) is 0 Å². The highest BCUT2D eigenvalue weighted by atomic mass is 79.9. The molecule has 0 fully saturated rings. The number of anilines is 1. The van der Waals surface area contributed by atoms with Gasteiger partial charge in [-0.25, -0.2) is 15.8 Å². The van der Waals surface area contributed by atoms with Gasteiger partial charge in [0.1, 0.15) is 0 Å². The fourth-order valence-corrected chi connectivity index (χ4v) is 2.88. The molecule has 1 unspecified atom stereocenters. The lowest BCUT2D eigenvalue weighted by molar-refractivity contribution is 0.0953. The van der Waals surface area contributed by atoms with Gasteiger partial charge in [0.05, 0.1) is 5.56 Å². The Morgan fingerprint density at radius 2 is 1.95 bits per heavy atom. The summed E-state index contributed by atoms with van der Waals surface area (Å²) in [6, 6.07) is 6.60. The number of hydrazine groups is 1. The molecule has 0 spiro atoms. The van der Waals surface area contributed by atoms with Crippen molar-refractivity contribution in [3.05, 3.63) is 51.8 Å². The molecule has 1 aromatic carbocycles. The summed E-state index contributed by atoms with van der Waals surface area (Å²) in [6.07, 6.45) is 4.78. The van der Waals surface area contributed by atoms with E-state index in [0.29, 0.717) is 11.5 Å². The van der Waals surface area contributed by atoms with Crippen LogP contribution in [-0.2, 0) is 12.8 Å². The third-order valence-electron chi connectivity index (χ3n) is 3.48. The standard InChI is InChI=1S/C14H14BrN5O/c15-11-2-1-8-4-12(5-9(8)3-11)19-14-17-6-10(7-18-14)13(21)20-16/h1-3,6-7,12H,4-5,16H2,(H,20,21)(H,17,18,19). The van der Waals surface area contributed by atoms with Crippen molar-refractivity contribution < 1.29 is 4.79 Å². The number of carbonyl (C=O) groups excluding carboxylic acids is 1. The van der Waals surface area contributed by atoms with Crippen LogP contribution < -0.4 is 16.6 Å². The van der Waals surface area contributed by atoms with E-state index in [0.717, 1.165) is 17.3 Å². The Hall–Kier alpha value is -1.99. The molecule has 2 aromatic rings. The largest absolute Gasteiger partial charge is 0.351 e. The summed E-state index contributed by atoms with van der Waals surface area (Å²) in [4.78, 5) is 19.6. The summed E-state index contributed by atoms with van der Waals surface area (Å²) in [5.74, 6) is 5.17. The molecule has 108 valence electrons. The van der Waals surface area contributed by atoms with E-state index in [-0.39, 0.29) is 6.04 Å². The SMILES string of the molecule is NNC(=O)c1cnc(NC2Cc3ccc(Br)cc3C2)nc1. The maximum Gasteiger partial charge on any atom is 0.268 e. The summed E-state index contributed by atoms with van der Waals surface area (Å²) in [5, 5.41) is 3.29. The van der Waals surface area contributed by atoms with Gasteiger partial charge < -0.3 is 5.32 Å².